The number of hydrogen-bond donors (Lipinski definition) is 0. The summed E-state index contributed by atoms with van der Waals surface area (Å²) in [5.41, 5.74) is 3.57. The molecule has 14 heteroatoms. The number of aliphatic imine (C=N–C) groups is 1. The zero-order valence-corrected chi connectivity index (χ0v) is 27.4. The van der Waals surface area contributed by atoms with Gasteiger partial charge in [0.2, 0.25) is 12.1 Å². The third-order valence-electron chi connectivity index (χ3n) is 8.74. The van der Waals surface area contributed by atoms with Crippen molar-refractivity contribution in [2.45, 2.75) is 83.7 Å². The minimum Gasteiger partial charge on any atom is -0.407 e. The van der Waals surface area contributed by atoms with E-state index in [0.29, 0.717) is 17.9 Å². The lowest BCUT2D eigenvalue weighted by molar-refractivity contribution is -0.763. The molecule has 1 aliphatic carbocycles. The molecule has 4 aromatic rings. The molecule has 1 atom stereocenters. The Morgan fingerprint density at radius 3 is 2.39 bits per heavy atom. The Morgan fingerprint density at radius 2 is 1.69 bits per heavy atom. The number of hydrogen-bond acceptors (Lipinski definition) is 11. The van der Waals surface area contributed by atoms with Gasteiger partial charge in [-0.3, -0.25) is 14.7 Å². The van der Waals surface area contributed by atoms with Crippen molar-refractivity contribution >= 4 is 17.9 Å². The summed E-state index contributed by atoms with van der Waals surface area (Å²) in [6, 6.07) is 21.8. The first-order chi connectivity index (χ1) is 23.7. The Kier molecular flexibility index (Phi) is 9.92. The quantitative estimate of drug-likeness (QED) is 0.0649. The average molecular weight is 668 g/mol. The van der Waals surface area contributed by atoms with Gasteiger partial charge in [-0.2, -0.15) is 0 Å². The van der Waals surface area contributed by atoms with E-state index >= 15 is 0 Å². The van der Waals surface area contributed by atoms with Gasteiger partial charge >= 0.3 is 6.16 Å². The van der Waals surface area contributed by atoms with Gasteiger partial charge in [-0.15, -0.1) is 25.1 Å². The average Bonchev–Trinajstić information content (AvgIpc) is 3.85. The van der Waals surface area contributed by atoms with E-state index in [1.54, 1.807) is 6.92 Å². The Hall–Kier alpha value is -5.66. The van der Waals surface area contributed by atoms with Gasteiger partial charge in [-0.05, 0) is 65.8 Å². The molecule has 1 spiro atoms. The highest BCUT2D eigenvalue weighted by Gasteiger charge is 2.49. The second kappa shape index (κ2) is 14.6. The van der Waals surface area contributed by atoms with E-state index in [9.17, 15) is 19.7 Å². The molecule has 1 saturated carbocycles. The lowest BCUT2D eigenvalue weighted by Gasteiger charge is -2.23. The fourth-order valence-corrected chi connectivity index (χ4v) is 6.17. The number of amides is 1. The molecule has 0 saturated heterocycles. The first-order valence-electron chi connectivity index (χ1n) is 16.4. The van der Waals surface area contributed by atoms with Gasteiger partial charge in [-0.25, -0.2) is 4.79 Å². The molecule has 49 heavy (non-hydrogen) atoms. The zero-order valence-electron chi connectivity index (χ0n) is 27.4. The van der Waals surface area contributed by atoms with Gasteiger partial charge < -0.3 is 14.3 Å². The minimum atomic E-state index is -0.987. The van der Waals surface area contributed by atoms with E-state index in [-0.39, 0.29) is 18.3 Å². The minimum absolute atomic E-state index is 0.141. The molecular formula is C35H37N7O7. The van der Waals surface area contributed by atoms with Gasteiger partial charge in [0.1, 0.15) is 23.7 Å². The molecule has 6 rings (SSSR count). The number of aromatic nitrogens is 4. The van der Waals surface area contributed by atoms with E-state index < -0.39 is 23.0 Å². The monoisotopic (exact) mass is 667 g/mol. The molecule has 0 radical (unpaired) electrons. The summed E-state index contributed by atoms with van der Waals surface area (Å²) in [4.78, 5) is 48.8. The zero-order chi connectivity index (χ0) is 34.4. The summed E-state index contributed by atoms with van der Waals surface area (Å²) in [6.07, 6.45) is 4.71. The predicted molar refractivity (Wildman–Crippen MR) is 177 cm³/mol. The highest BCUT2D eigenvalue weighted by atomic mass is 16.9. The van der Waals surface area contributed by atoms with Crippen molar-refractivity contribution in [2.24, 2.45) is 4.99 Å². The van der Waals surface area contributed by atoms with Gasteiger partial charge in [0.15, 0.2) is 0 Å². The second-order valence-electron chi connectivity index (χ2n) is 12.1. The molecule has 1 amide bonds. The van der Waals surface area contributed by atoms with Crippen molar-refractivity contribution in [3.63, 3.8) is 0 Å². The van der Waals surface area contributed by atoms with Crippen molar-refractivity contribution in [1.29, 1.82) is 0 Å². The number of rotatable bonds is 13. The SMILES string of the molecule is CCCCC1=NC2(CCCC2)C(=O)N1Cc1ccc(-c2ccccc2-c2nnn(C(C)OC(=O)Oc3ccc(CO[N+](=O)[O-])cc3)n2)cc1. The van der Waals surface area contributed by atoms with Crippen LogP contribution in [0, 0.1) is 10.1 Å². The maximum Gasteiger partial charge on any atom is 0.515 e. The van der Waals surface area contributed by atoms with Crippen molar-refractivity contribution in [2.75, 3.05) is 0 Å². The molecule has 2 aliphatic rings. The van der Waals surface area contributed by atoms with Crippen LogP contribution in [0.1, 0.15) is 76.1 Å². The molecule has 14 nitrogen and oxygen atoms in total. The summed E-state index contributed by atoms with van der Waals surface area (Å²) in [5, 5.41) is 22.3. The lowest BCUT2D eigenvalue weighted by atomic mass is 9.97. The summed E-state index contributed by atoms with van der Waals surface area (Å²) >= 11 is 0. The third-order valence-corrected chi connectivity index (χ3v) is 8.74. The van der Waals surface area contributed by atoms with E-state index in [4.69, 9.17) is 14.5 Å². The Balaban J connectivity index is 1.10. The van der Waals surface area contributed by atoms with Crippen LogP contribution in [0.2, 0.25) is 0 Å². The molecular weight excluding hydrogens is 630 g/mol. The van der Waals surface area contributed by atoms with Crippen LogP contribution in [0.5, 0.6) is 5.75 Å². The summed E-state index contributed by atoms with van der Waals surface area (Å²) in [6.45, 7) is 4.00. The fraction of sp³-hybridized carbons (Fsp3) is 0.371. The number of benzene rings is 3. The van der Waals surface area contributed by atoms with Crippen LogP contribution < -0.4 is 4.74 Å². The fourth-order valence-electron chi connectivity index (χ4n) is 6.17. The molecule has 1 unspecified atom stereocenters. The number of carbonyl (C=O) groups excluding carboxylic acids is 2. The summed E-state index contributed by atoms with van der Waals surface area (Å²) in [7, 11) is 0. The Labute approximate surface area is 282 Å². The van der Waals surface area contributed by atoms with Crippen molar-refractivity contribution in [3.05, 3.63) is 94.0 Å². The number of ether oxygens (including phenoxy) is 2. The number of tetrazole rings is 1. The molecule has 1 aliphatic heterocycles. The van der Waals surface area contributed by atoms with Crippen molar-refractivity contribution in [1.82, 2.24) is 25.1 Å². The number of amidine groups is 1. The van der Waals surface area contributed by atoms with Crippen LogP contribution in [-0.2, 0) is 27.5 Å². The Morgan fingerprint density at radius 1 is 1.00 bits per heavy atom. The molecule has 1 aromatic heterocycles. The maximum atomic E-state index is 13.6. The maximum absolute atomic E-state index is 13.6. The predicted octanol–water partition coefficient (Wildman–Crippen LogP) is 6.69. The van der Waals surface area contributed by atoms with Crippen LogP contribution in [0.15, 0.2) is 77.8 Å². The molecule has 0 N–H and O–H groups in total. The lowest BCUT2D eigenvalue weighted by Crippen LogP contribution is -2.40. The normalized spacial score (nSPS) is 15.7. The van der Waals surface area contributed by atoms with Gasteiger partial charge in [0, 0.05) is 12.0 Å². The van der Waals surface area contributed by atoms with Crippen molar-refractivity contribution < 1.29 is 29.0 Å². The van der Waals surface area contributed by atoms with Crippen LogP contribution in [0.25, 0.3) is 22.5 Å². The summed E-state index contributed by atoms with van der Waals surface area (Å²) in [5.74, 6) is 1.59. The highest BCUT2D eigenvalue weighted by Crippen LogP contribution is 2.40. The van der Waals surface area contributed by atoms with Crippen LogP contribution >= 0.6 is 0 Å². The summed E-state index contributed by atoms with van der Waals surface area (Å²) < 4.78 is 10.5. The molecule has 254 valence electrons. The van der Waals surface area contributed by atoms with Gasteiger partial charge in [-0.1, -0.05) is 86.8 Å². The molecule has 3 aromatic carbocycles. The first kappa shape index (κ1) is 33.2. The topological polar surface area (TPSA) is 164 Å². The van der Waals surface area contributed by atoms with Gasteiger partial charge in [0.25, 0.3) is 11.0 Å². The second-order valence-corrected chi connectivity index (χ2v) is 12.1. The van der Waals surface area contributed by atoms with E-state index in [1.165, 1.54) is 29.1 Å². The largest absolute Gasteiger partial charge is 0.515 e. The van der Waals surface area contributed by atoms with Gasteiger partial charge in [0.05, 0.1) is 6.54 Å². The molecule has 2 heterocycles. The Bertz CT molecular complexity index is 1830. The standard InChI is InChI=1S/C35H37N7O7/c1-3-4-11-31-36-35(20-7-8-21-35)33(43)40(31)22-25-12-16-27(17-13-25)29-9-5-6-10-30(29)32-37-39-41(38-32)24(2)48-34(44)49-28-18-14-26(15-19-28)23-47-42(45)46/h5-6,9-10,12-19,24H,3-4,7-8,11,20-23H2,1-2H3. The van der Waals surface area contributed by atoms with Crippen LogP contribution in [0.4, 0.5) is 4.79 Å². The van der Waals surface area contributed by atoms with E-state index in [0.717, 1.165) is 73.0 Å². The number of unbranched alkanes of at least 4 members (excludes halogenated alkanes) is 1. The molecule has 1 fully saturated rings. The number of nitrogens with zero attached hydrogens (tertiary/aromatic N) is 7. The van der Waals surface area contributed by atoms with Crippen molar-refractivity contribution in [3.8, 4) is 28.3 Å². The van der Waals surface area contributed by atoms with E-state index in [2.05, 4.69) is 27.2 Å². The third kappa shape index (κ3) is 7.58. The van der Waals surface area contributed by atoms with E-state index in [1.807, 2.05) is 53.4 Å². The molecule has 0 bridgehead atoms. The first-order valence-corrected chi connectivity index (χ1v) is 16.4. The van der Waals surface area contributed by atoms with Crippen LogP contribution in [0.3, 0.4) is 0 Å². The number of carbonyl (C=O) groups is 2. The smallest absolute Gasteiger partial charge is 0.407 e. The highest BCUT2D eigenvalue weighted by molar-refractivity contribution is 6.08. The van der Waals surface area contributed by atoms with Crippen LogP contribution in [-0.4, -0.2) is 53.6 Å².